The van der Waals surface area contributed by atoms with Gasteiger partial charge in [-0.1, -0.05) is 6.07 Å². The second-order valence-electron chi connectivity index (χ2n) is 2.90. The Morgan fingerprint density at radius 1 is 1.54 bits per heavy atom. The fraction of sp³-hybridized carbons (Fsp3) is 0.300. The molecule has 0 spiro atoms. The summed E-state index contributed by atoms with van der Waals surface area (Å²) in [4.78, 5) is 10.6. The number of aryl methyl sites for hydroxylation is 1. The molecule has 1 aromatic rings. The van der Waals surface area contributed by atoms with Gasteiger partial charge in [0.25, 0.3) is 0 Å². The molecule has 0 N–H and O–H groups in total. The van der Waals surface area contributed by atoms with Gasteiger partial charge in [-0.05, 0) is 25.5 Å². The van der Waals surface area contributed by atoms with Crippen molar-refractivity contribution < 1.29 is 13.9 Å². The standard InChI is InChI=1S/C10H11FO2/c1-7-3-4-9(5-10(7)11)13-6-8(2)12/h3-5H,6H2,1-2H3. The minimum absolute atomic E-state index is 0.0114. The lowest BCUT2D eigenvalue weighted by molar-refractivity contribution is -0.118. The van der Waals surface area contributed by atoms with Crippen LogP contribution in [0.3, 0.4) is 0 Å². The van der Waals surface area contributed by atoms with Crippen LogP contribution in [0.5, 0.6) is 5.75 Å². The van der Waals surface area contributed by atoms with Gasteiger partial charge in [-0.2, -0.15) is 0 Å². The summed E-state index contributed by atoms with van der Waals surface area (Å²) in [5.41, 5.74) is 0.565. The number of carbonyl (C=O) groups excluding carboxylic acids is 1. The average Bonchev–Trinajstić information content (AvgIpc) is 2.07. The Morgan fingerprint density at radius 3 is 2.77 bits per heavy atom. The highest BCUT2D eigenvalue weighted by Crippen LogP contribution is 2.15. The van der Waals surface area contributed by atoms with Crippen LogP contribution < -0.4 is 4.74 Å². The highest BCUT2D eigenvalue weighted by molar-refractivity contribution is 5.77. The largest absolute Gasteiger partial charge is 0.486 e. The highest BCUT2D eigenvalue weighted by atomic mass is 19.1. The predicted octanol–water partition coefficient (Wildman–Crippen LogP) is 2.10. The highest BCUT2D eigenvalue weighted by Gasteiger charge is 2.00. The Bertz CT molecular complexity index is 321. The molecule has 0 atom stereocenters. The summed E-state index contributed by atoms with van der Waals surface area (Å²) in [5, 5.41) is 0. The molecule has 1 aromatic carbocycles. The van der Waals surface area contributed by atoms with E-state index in [1.54, 1.807) is 19.1 Å². The Labute approximate surface area is 76.3 Å². The third-order valence-electron chi connectivity index (χ3n) is 1.59. The molecule has 0 fully saturated rings. The Kier molecular flexibility index (Phi) is 3.01. The van der Waals surface area contributed by atoms with Gasteiger partial charge in [0.15, 0.2) is 5.78 Å². The van der Waals surface area contributed by atoms with Gasteiger partial charge in [0.1, 0.15) is 18.2 Å². The number of ketones is 1. The smallest absolute Gasteiger partial charge is 0.167 e. The van der Waals surface area contributed by atoms with Crippen LogP contribution in [0.1, 0.15) is 12.5 Å². The first-order chi connectivity index (χ1) is 6.09. The third-order valence-corrected chi connectivity index (χ3v) is 1.59. The zero-order valence-electron chi connectivity index (χ0n) is 7.63. The first kappa shape index (κ1) is 9.71. The lowest BCUT2D eigenvalue weighted by atomic mass is 10.2. The number of carbonyl (C=O) groups is 1. The molecule has 0 amide bonds. The number of hydrogen-bond donors (Lipinski definition) is 0. The molecule has 0 aliphatic heterocycles. The van der Waals surface area contributed by atoms with E-state index in [1.807, 2.05) is 0 Å². The minimum atomic E-state index is -0.318. The van der Waals surface area contributed by atoms with Crippen LogP contribution in [0.4, 0.5) is 4.39 Å². The van der Waals surface area contributed by atoms with Crippen molar-refractivity contribution in [3.05, 3.63) is 29.6 Å². The van der Waals surface area contributed by atoms with Gasteiger partial charge in [-0.3, -0.25) is 4.79 Å². The van der Waals surface area contributed by atoms with Gasteiger partial charge in [-0.25, -0.2) is 4.39 Å². The minimum Gasteiger partial charge on any atom is -0.486 e. The molecule has 0 heterocycles. The molecule has 0 unspecified atom stereocenters. The van der Waals surface area contributed by atoms with Crippen molar-refractivity contribution in [2.24, 2.45) is 0 Å². The zero-order valence-corrected chi connectivity index (χ0v) is 7.63. The molecule has 70 valence electrons. The van der Waals surface area contributed by atoms with E-state index in [-0.39, 0.29) is 18.2 Å². The van der Waals surface area contributed by atoms with Gasteiger partial charge in [0.05, 0.1) is 0 Å². The van der Waals surface area contributed by atoms with E-state index < -0.39 is 0 Å². The summed E-state index contributed by atoms with van der Waals surface area (Å²) >= 11 is 0. The second kappa shape index (κ2) is 4.03. The lowest BCUT2D eigenvalue weighted by Gasteiger charge is -2.04. The first-order valence-electron chi connectivity index (χ1n) is 3.98. The molecule has 1 rings (SSSR count). The van der Waals surface area contributed by atoms with Gasteiger partial charge < -0.3 is 4.74 Å². The van der Waals surface area contributed by atoms with E-state index in [4.69, 9.17) is 4.74 Å². The Hall–Kier alpha value is -1.38. The normalized spacial score (nSPS) is 9.77. The van der Waals surface area contributed by atoms with E-state index in [9.17, 15) is 9.18 Å². The van der Waals surface area contributed by atoms with Crippen molar-refractivity contribution in [3.63, 3.8) is 0 Å². The van der Waals surface area contributed by atoms with E-state index in [0.29, 0.717) is 11.3 Å². The Morgan fingerprint density at radius 2 is 2.23 bits per heavy atom. The van der Waals surface area contributed by atoms with E-state index in [2.05, 4.69) is 0 Å². The average molecular weight is 182 g/mol. The predicted molar refractivity (Wildman–Crippen MR) is 47.3 cm³/mol. The number of Topliss-reactive ketones (excluding diaryl/α,β-unsaturated/α-hetero) is 1. The fourth-order valence-corrected chi connectivity index (χ4v) is 0.848. The van der Waals surface area contributed by atoms with Gasteiger partial charge in [-0.15, -0.1) is 0 Å². The Balaban J connectivity index is 2.68. The maximum Gasteiger partial charge on any atom is 0.167 e. The van der Waals surface area contributed by atoms with Crippen molar-refractivity contribution in [3.8, 4) is 5.75 Å². The van der Waals surface area contributed by atoms with Crippen molar-refractivity contribution >= 4 is 5.78 Å². The van der Waals surface area contributed by atoms with Crippen molar-refractivity contribution in [2.45, 2.75) is 13.8 Å². The fourth-order valence-electron chi connectivity index (χ4n) is 0.848. The van der Waals surface area contributed by atoms with E-state index >= 15 is 0 Å². The SMILES string of the molecule is CC(=O)COc1ccc(C)c(F)c1. The van der Waals surface area contributed by atoms with Crippen molar-refractivity contribution in [2.75, 3.05) is 6.61 Å². The molecule has 2 nitrogen and oxygen atoms in total. The van der Waals surface area contributed by atoms with Gasteiger partial charge in [0, 0.05) is 6.07 Å². The molecule has 0 aliphatic carbocycles. The van der Waals surface area contributed by atoms with Crippen LogP contribution in [-0.2, 0) is 4.79 Å². The lowest BCUT2D eigenvalue weighted by Crippen LogP contribution is -2.06. The van der Waals surface area contributed by atoms with Crippen LogP contribution in [0.25, 0.3) is 0 Å². The molecule has 13 heavy (non-hydrogen) atoms. The molecule has 0 saturated carbocycles. The van der Waals surface area contributed by atoms with Crippen LogP contribution >= 0.6 is 0 Å². The summed E-state index contributed by atoms with van der Waals surface area (Å²) < 4.78 is 18.0. The van der Waals surface area contributed by atoms with Crippen LogP contribution in [0.2, 0.25) is 0 Å². The van der Waals surface area contributed by atoms with Crippen LogP contribution in [0, 0.1) is 12.7 Å². The molecule has 0 radical (unpaired) electrons. The number of benzene rings is 1. The van der Waals surface area contributed by atoms with Crippen LogP contribution in [-0.4, -0.2) is 12.4 Å². The quantitative estimate of drug-likeness (QED) is 0.715. The molecular weight excluding hydrogens is 171 g/mol. The topological polar surface area (TPSA) is 26.3 Å². The number of rotatable bonds is 3. The molecule has 0 aliphatic rings. The van der Waals surface area contributed by atoms with E-state index in [1.165, 1.54) is 13.0 Å². The zero-order chi connectivity index (χ0) is 9.84. The second-order valence-corrected chi connectivity index (χ2v) is 2.90. The maximum atomic E-state index is 12.9. The number of hydrogen-bond acceptors (Lipinski definition) is 2. The molecular formula is C10H11FO2. The molecule has 3 heteroatoms. The van der Waals surface area contributed by atoms with Crippen LogP contribution in [0.15, 0.2) is 18.2 Å². The summed E-state index contributed by atoms with van der Waals surface area (Å²) in [6.07, 6.45) is 0. The van der Waals surface area contributed by atoms with Crippen molar-refractivity contribution in [1.82, 2.24) is 0 Å². The summed E-state index contributed by atoms with van der Waals surface area (Å²) in [7, 11) is 0. The molecule has 0 saturated heterocycles. The van der Waals surface area contributed by atoms with E-state index in [0.717, 1.165) is 0 Å². The van der Waals surface area contributed by atoms with Gasteiger partial charge >= 0.3 is 0 Å². The third kappa shape index (κ3) is 2.86. The molecule has 0 bridgehead atoms. The first-order valence-corrected chi connectivity index (χ1v) is 3.98. The summed E-state index contributed by atoms with van der Waals surface area (Å²) in [6, 6.07) is 4.53. The molecule has 0 aromatic heterocycles. The number of ether oxygens (including phenoxy) is 1. The maximum absolute atomic E-state index is 12.9. The van der Waals surface area contributed by atoms with Gasteiger partial charge in [0.2, 0.25) is 0 Å². The van der Waals surface area contributed by atoms with Crippen molar-refractivity contribution in [1.29, 1.82) is 0 Å². The summed E-state index contributed by atoms with van der Waals surface area (Å²) in [6.45, 7) is 3.08. The number of halogens is 1. The monoisotopic (exact) mass is 182 g/mol. The summed E-state index contributed by atoms with van der Waals surface area (Å²) in [5.74, 6) is -0.0136.